The van der Waals surface area contributed by atoms with Gasteiger partial charge in [-0.1, -0.05) is 13.8 Å². The van der Waals surface area contributed by atoms with Crippen molar-refractivity contribution in [2.24, 2.45) is 11.3 Å². The monoisotopic (exact) mass is 270 g/mol. The maximum Gasteiger partial charge on any atom is 0.0932 e. The molecule has 3 atom stereocenters. The summed E-state index contributed by atoms with van der Waals surface area (Å²) >= 11 is 0. The molecular formula is C15H30N2O2. The quantitative estimate of drug-likeness (QED) is 0.803. The molecule has 0 aromatic rings. The van der Waals surface area contributed by atoms with E-state index in [1.807, 2.05) is 0 Å². The van der Waals surface area contributed by atoms with Gasteiger partial charge in [0.15, 0.2) is 0 Å². The third kappa shape index (κ3) is 4.15. The smallest absolute Gasteiger partial charge is 0.0932 e. The molecule has 0 bridgehead atoms. The molecule has 1 heterocycles. The Labute approximate surface area is 117 Å². The lowest BCUT2D eigenvalue weighted by atomic mass is 9.69. The van der Waals surface area contributed by atoms with Gasteiger partial charge >= 0.3 is 0 Å². The Balaban J connectivity index is 1.91. The maximum absolute atomic E-state index is 9.23. The summed E-state index contributed by atoms with van der Waals surface area (Å²) in [4.78, 5) is 2.47. The van der Waals surface area contributed by atoms with Crippen LogP contribution in [0.4, 0.5) is 0 Å². The first-order valence-corrected chi connectivity index (χ1v) is 7.66. The van der Waals surface area contributed by atoms with Crippen molar-refractivity contribution in [2.75, 3.05) is 39.9 Å². The average Bonchev–Trinajstić information content (AvgIpc) is 2.38. The molecule has 1 saturated carbocycles. The Morgan fingerprint density at radius 3 is 2.89 bits per heavy atom. The minimum Gasteiger partial charge on any atom is -0.394 e. The Bertz CT molecular complexity index is 283. The molecule has 2 aliphatic rings. The Morgan fingerprint density at radius 1 is 1.42 bits per heavy atom. The lowest BCUT2D eigenvalue weighted by Crippen LogP contribution is -2.51. The summed E-state index contributed by atoms with van der Waals surface area (Å²) in [5, 5.41) is 12.7. The fourth-order valence-electron chi connectivity index (χ4n) is 3.70. The van der Waals surface area contributed by atoms with Crippen molar-refractivity contribution in [3.63, 3.8) is 0 Å². The second-order valence-corrected chi connectivity index (χ2v) is 7.00. The molecule has 0 radical (unpaired) electrons. The highest BCUT2D eigenvalue weighted by molar-refractivity contribution is 4.90. The molecule has 1 aliphatic heterocycles. The van der Waals surface area contributed by atoms with E-state index >= 15 is 0 Å². The minimum atomic E-state index is 0.0124. The fourth-order valence-corrected chi connectivity index (χ4v) is 3.70. The second kappa shape index (κ2) is 6.53. The molecule has 3 unspecified atom stereocenters. The first-order valence-electron chi connectivity index (χ1n) is 7.66. The molecule has 0 spiro atoms. The van der Waals surface area contributed by atoms with Crippen LogP contribution in [-0.4, -0.2) is 62.0 Å². The van der Waals surface area contributed by atoms with Gasteiger partial charge in [-0.05, 0) is 37.6 Å². The summed E-state index contributed by atoms with van der Waals surface area (Å²) in [5.41, 5.74) is 0.473. The molecule has 0 aromatic heterocycles. The number of aliphatic hydroxyl groups excluding tert-OH is 1. The van der Waals surface area contributed by atoms with Crippen LogP contribution in [0.2, 0.25) is 0 Å². The van der Waals surface area contributed by atoms with Gasteiger partial charge in [0.25, 0.3) is 0 Å². The van der Waals surface area contributed by atoms with Crippen LogP contribution in [0.5, 0.6) is 0 Å². The van der Waals surface area contributed by atoms with Crippen LogP contribution in [0, 0.1) is 11.3 Å². The Morgan fingerprint density at radius 2 is 2.21 bits per heavy atom. The van der Waals surface area contributed by atoms with Gasteiger partial charge < -0.3 is 15.2 Å². The van der Waals surface area contributed by atoms with E-state index in [0.29, 0.717) is 17.4 Å². The summed E-state index contributed by atoms with van der Waals surface area (Å²) < 4.78 is 5.53. The van der Waals surface area contributed by atoms with Crippen molar-refractivity contribution in [1.82, 2.24) is 10.2 Å². The molecular weight excluding hydrogens is 240 g/mol. The van der Waals surface area contributed by atoms with Crippen molar-refractivity contribution in [3.8, 4) is 0 Å². The zero-order valence-corrected chi connectivity index (χ0v) is 12.7. The summed E-state index contributed by atoms with van der Waals surface area (Å²) in [7, 11) is 2.09. The summed E-state index contributed by atoms with van der Waals surface area (Å²) in [6, 6.07) is 0.642. The number of morpholine rings is 1. The number of hydrogen-bond acceptors (Lipinski definition) is 4. The lowest BCUT2D eigenvalue weighted by molar-refractivity contribution is -0.0604. The lowest BCUT2D eigenvalue weighted by Gasteiger charge is -2.44. The normalized spacial score (nSPS) is 36.3. The predicted octanol–water partition coefficient (Wildman–Crippen LogP) is 1.09. The molecule has 1 aliphatic carbocycles. The van der Waals surface area contributed by atoms with E-state index in [2.05, 4.69) is 31.1 Å². The summed E-state index contributed by atoms with van der Waals surface area (Å²) in [6.07, 6.45) is 3.90. The van der Waals surface area contributed by atoms with Crippen molar-refractivity contribution in [2.45, 2.75) is 45.3 Å². The van der Waals surface area contributed by atoms with E-state index in [1.165, 1.54) is 19.3 Å². The van der Waals surface area contributed by atoms with Gasteiger partial charge in [0.2, 0.25) is 0 Å². The van der Waals surface area contributed by atoms with Gasteiger partial charge in [-0.3, -0.25) is 4.90 Å². The van der Waals surface area contributed by atoms with Crippen molar-refractivity contribution in [3.05, 3.63) is 0 Å². The Kier molecular flexibility index (Phi) is 5.23. The van der Waals surface area contributed by atoms with Crippen molar-refractivity contribution >= 4 is 0 Å². The van der Waals surface area contributed by atoms with E-state index in [1.54, 1.807) is 0 Å². The second-order valence-electron chi connectivity index (χ2n) is 7.00. The fraction of sp³-hybridized carbons (Fsp3) is 1.00. The first kappa shape index (κ1) is 15.2. The van der Waals surface area contributed by atoms with E-state index in [4.69, 9.17) is 4.74 Å². The standard InChI is InChI=1S/C15H30N2O2/c1-15(2)5-4-14(16-3)12(8-15)9-17-6-7-19-13(10-17)11-18/h12-14,16,18H,4-11H2,1-3H3. The van der Waals surface area contributed by atoms with Crippen LogP contribution in [0.3, 0.4) is 0 Å². The zero-order chi connectivity index (χ0) is 13.9. The molecule has 0 aromatic carbocycles. The van der Waals surface area contributed by atoms with Crippen molar-refractivity contribution in [1.29, 1.82) is 0 Å². The van der Waals surface area contributed by atoms with Gasteiger partial charge in [0.05, 0.1) is 19.3 Å². The molecule has 4 heteroatoms. The molecule has 4 nitrogen and oxygen atoms in total. The third-order valence-corrected chi connectivity index (χ3v) is 4.81. The van der Waals surface area contributed by atoms with Gasteiger partial charge in [0.1, 0.15) is 0 Å². The molecule has 2 fully saturated rings. The molecule has 1 saturated heterocycles. The van der Waals surface area contributed by atoms with E-state index in [9.17, 15) is 5.11 Å². The van der Waals surface area contributed by atoms with Gasteiger partial charge in [-0.2, -0.15) is 0 Å². The maximum atomic E-state index is 9.23. The molecule has 0 amide bonds. The van der Waals surface area contributed by atoms with Crippen molar-refractivity contribution < 1.29 is 9.84 Å². The highest BCUT2D eigenvalue weighted by Crippen LogP contribution is 2.39. The first-order chi connectivity index (χ1) is 9.04. The predicted molar refractivity (Wildman–Crippen MR) is 77.2 cm³/mol. The topological polar surface area (TPSA) is 44.7 Å². The average molecular weight is 270 g/mol. The van der Waals surface area contributed by atoms with E-state index < -0.39 is 0 Å². The van der Waals surface area contributed by atoms with Crippen LogP contribution in [0.1, 0.15) is 33.1 Å². The van der Waals surface area contributed by atoms with E-state index in [-0.39, 0.29) is 12.7 Å². The van der Waals surface area contributed by atoms with Crippen LogP contribution < -0.4 is 5.32 Å². The van der Waals surface area contributed by atoms with Crippen LogP contribution >= 0.6 is 0 Å². The highest BCUT2D eigenvalue weighted by atomic mass is 16.5. The number of nitrogens with zero attached hydrogens (tertiary/aromatic N) is 1. The largest absolute Gasteiger partial charge is 0.394 e. The number of nitrogens with one attached hydrogen (secondary N) is 1. The SMILES string of the molecule is CNC1CCC(C)(C)CC1CN1CCOC(CO)C1. The third-order valence-electron chi connectivity index (χ3n) is 4.81. The number of aliphatic hydroxyl groups is 1. The van der Waals surface area contributed by atoms with Crippen LogP contribution in [0.15, 0.2) is 0 Å². The molecule has 19 heavy (non-hydrogen) atoms. The van der Waals surface area contributed by atoms with Gasteiger partial charge in [-0.25, -0.2) is 0 Å². The highest BCUT2D eigenvalue weighted by Gasteiger charge is 2.35. The number of ether oxygens (including phenoxy) is 1. The molecule has 112 valence electrons. The summed E-state index contributed by atoms with van der Waals surface area (Å²) in [6.45, 7) is 8.69. The zero-order valence-electron chi connectivity index (χ0n) is 12.7. The van der Waals surface area contributed by atoms with Gasteiger partial charge in [-0.15, -0.1) is 0 Å². The minimum absolute atomic E-state index is 0.0124. The van der Waals surface area contributed by atoms with Gasteiger partial charge in [0, 0.05) is 25.7 Å². The Hall–Kier alpha value is -0.160. The van der Waals surface area contributed by atoms with E-state index in [0.717, 1.165) is 26.2 Å². The molecule has 2 N–H and O–H groups in total. The number of hydrogen-bond donors (Lipinski definition) is 2. The van der Waals surface area contributed by atoms with Crippen LogP contribution in [0.25, 0.3) is 0 Å². The number of rotatable bonds is 4. The summed E-state index contributed by atoms with van der Waals surface area (Å²) in [5.74, 6) is 0.714. The van der Waals surface area contributed by atoms with Crippen LogP contribution in [-0.2, 0) is 4.74 Å². The molecule has 2 rings (SSSR count).